The molecule has 0 amide bonds. The van der Waals surface area contributed by atoms with Gasteiger partial charge in [-0.2, -0.15) is 4.98 Å². The highest BCUT2D eigenvalue weighted by Gasteiger charge is 2.51. The molecule has 4 aromatic heterocycles. The van der Waals surface area contributed by atoms with Gasteiger partial charge in [-0.05, 0) is 156 Å². The smallest absolute Gasteiger partial charge is 0.307 e. The van der Waals surface area contributed by atoms with Gasteiger partial charge >= 0.3 is 5.84 Å². The Bertz CT molecular complexity index is 7530. The molecule has 0 spiro atoms. The Balaban J connectivity index is 0.000000163. The zero-order valence-electron chi connectivity index (χ0n) is 82.1. The summed E-state index contributed by atoms with van der Waals surface area (Å²) in [7, 11) is -6.29. The third-order valence-electron chi connectivity index (χ3n) is 31.0. The van der Waals surface area contributed by atoms with Crippen LogP contribution in [0, 0.1) is 0 Å². The van der Waals surface area contributed by atoms with E-state index in [1.165, 1.54) is 118 Å². The number of fused-ring (bicyclic) bond motifs is 14. The second-order valence-electron chi connectivity index (χ2n) is 44.0. The molecule has 0 N–H and O–H groups in total. The molecule has 0 fully saturated rings. The zero-order chi connectivity index (χ0) is 94.8. The van der Waals surface area contributed by atoms with Gasteiger partial charge in [0.1, 0.15) is 23.0 Å². The SMILES string of the molecule is CC(C)(C)c1ccc([Si](c2ccccc2)(c2ccccc2)c2ccc(C(C)(C)C)c(-c3cccc4c3nc3sc5ccccc5n34)c2)cc1-c1cccc2c1Oc1ccccc1C(C)(C)C2(C)C.CC(C)(C)c1ccc([Si](c2ccccc2)(c2ccccc2)c2ccc(C(C)(C)C)c(-c3cccc4c3oc3nc5ccccc5n34)c2)cc1-c1cccc2c1Oc1ccccc1C(C)(C)C2(C)C. The second kappa shape index (κ2) is 32.6. The molecular formula is C126H120N4O3SSi2. The van der Waals surface area contributed by atoms with Gasteiger partial charge in [-0.1, -0.05) is 465 Å². The number of aromatic nitrogens is 4. The maximum atomic E-state index is 7.30. The minimum absolute atomic E-state index is 0.142. The Labute approximate surface area is 807 Å². The molecule has 0 bridgehead atoms. The molecule has 0 aliphatic carbocycles. The van der Waals surface area contributed by atoms with Crippen LogP contribution in [0.3, 0.4) is 0 Å². The van der Waals surface area contributed by atoms with E-state index in [1.807, 2.05) is 12.1 Å². The van der Waals surface area contributed by atoms with Crippen LogP contribution in [0.15, 0.2) is 368 Å². The lowest BCUT2D eigenvalue weighted by Gasteiger charge is -2.41. The van der Waals surface area contributed by atoms with Gasteiger partial charge in [-0.15, -0.1) is 0 Å². The Morgan fingerprint density at radius 1 is 0.265 bits per heavy atom. The predicted molar refractivity (Wildman–Crippen MR) is 579 cm³/mol. The number of benzene rings is 16. The first-order valence-corrected chi connectivity index (χ1v) is 53.1. The molecule has 2 aliphatic rings. The molecule has 10 heteroatoms. The first kappa shape index (κ1) is 89.1. The molecule has 676 valence electrons. The average Bonchev–Trinajstić information content (AvgIpc) is 1.47. The van der Waals surface area contributed by atoms with Gasteiger partial charge in [0, 0.05) is 66.2 Å². The number of thiazole rings is 1. The highest BCUT2D eigenvalue weighted by molar-refractivity contribution is 7.23. The summed E-state index contributed by atoms with van der Waals surface area (Å²) in [6, 6.07) is 136. The number of hydrogen-bond donors (Lipinski definition) is 0. The molecule has 0 radical (unpaired) electrons. The Morgan fingerprint density at radius 3 is 1.01 bits per heavy atom. The van der Waals surface area contributed by atoms with E-state index in [2.05, 4.69) is 499 Å². The van der Waals surface area contributed by atoms with E-state index in [0.717, 1.165) is 83.4 Å². The van der Waals surface area contributed by atoms with Crippen molar-refractivity contribution in [1.29, 1.82) is 0 Å². The fourth-order valence-corrected chi connectivity index (χ4v) is 33.2. The third-order valence-corrected chi connectivity index (χ3v) is 41.5. The number of para-hydroxylation sites is 9. The normalized spacial score (nSPS) is 14.7. The van der Waals surface area contributed by atoms with Gasteiger partial charge in [0.05, 0.1) is 37.8 Å². The van der Waals surface area contributed by atoms with E-state index in [0.29, 0.717) is 5.84 Å². The van der Waals surface area contributed by atoms with Gasteiger partial charge in [0.2, 0.25) is 0 Å². The number of rotatable bonds is 12. The lowest BCUT2D eigenvalue weighted by molar-refractivity contribution is 0.306. The van der Waals surface area contributed by atoms with Gasteiger partial charge in [0.25, 0.3) is 0 Å². The maximum absolute atomic E-state index is 7.30. The monoisotopic (exact) mass is 1820 g/mol. The summed E-state index contributed by atoms with van der Waals surface area (Å²) in [5.41, 5.74) is 24.9. The zero-order valence-corrected chi connectivity index (χ0v) is 84.9. The fraction of sp³-hybridized carbons (Fsp3) is 0.222. The predicted octanol–water partition coefficient (Wildman–Crippen LogP) is 28.3. The molecular weight excluding hydrogens is 1710 g/mol. The molecule has 20 aromatic rings. The van der Waals surface area contributed by atoms with Crippen LogP contribution in [0.5, 0.6) is 23.0 Å². The van der Waals surface area contributed by atoms with Crippen LogP contribution < -0.4 is 51.0 Å². The van der Waals surface area contributed by atoms with E-state index in [-0.39, 0.29) is 43.3 Å². The molecule has 0 unspecified atom stereocenters. The van der Waals surface area contributed by atoms with Crippen LogP contribution in [0.1, 0.15) is 183 Å². The number of oxazole rings is 1. The van der Waals surface area contributed by atoms with Crippen molar-refractivity contribution in [2.24, 2.45) is 0 Å². The molecule has 16 aromatic carbocycles. The molecule has 0 saturated carbocycles. The first-order chi connectivity index (χ1) is 65.0. The van der Waals surface area contributed by atoms with Crippen molar-refractivity contribution in [1.82, 2.24) is 18.8 Å². The lowest BCUT2D eigenvalue weighted by Crippen LogP contribution is -2.74. The minimum Gasteiger partial charge on any atom is -0.456 e. The molecule has 6 heterocycles. The summed E-state index contributed by atoms with van der Waals surface area (Å²) in [6.07, 6.45) is 0. The van der Waals surface area contributed by atoms with Gasteiger partial charge in [0.15, 0.2) is 26.7 Å². The molecule has 136 heavy (non-hydrogen) atoms. The van der Waals surface area contributed by atoms with Crippen molar-refractivity contribution in [3.63, 3.8) is 0 Å². The van der Waals surface area contributed by atoms with Gasteiger partial charge in [-0.25, -0.2) is 4.98 Å². The number of ether oxygens (including phenoxy) is 2. The quantitative estimate of drug-likeness (QED) is 0.0901. The molecule has 2 aliphatic heterocycles. The number of nitrogens with zero attached hydrogens (tertiary/aromatic N) is 4. The van der Waals surface area contributed by atoms with Crippen molar-refractivity contribution in [2.75, 3.05) is 0 Å². The summed E-state index contributed by atoms with van der Waals surface area (Å²) in [6.45, 7) is 47.0. The summed E-state index contributed by atoms with van der Waals surface area (Å²) in [4.78, 5) is 11.4. The highest BCUT2D eigenvalue weighted by atomic mass is 32.1. The summed E-state index contributed by atoms with van der Waals surface area (Å²) < 4.78 is 27.2. The van der Waals surface area contributed by atoms with Gasteiger partial charge in [-0.3, -0.25) is 8.80 Å². The van der Waals surface area contributed by atoms with E-state index >= 15 is 0 Å². The summed E-state index contributed by atoms with van der Waals surface area (Å²) in [5.74, 6) is 4.33. The highest BCUT2D eigenvalue weighted by Crippen LogP contribution is 2.58. The first-order valence-electron chi connectivity index (χ1n) is 48.2. The number of imidazole rings is 2. The lowest BCUT2D eigenvalue weighted by atomic mass is 9.61. The fourth-order valence-electron chi connectivity index (χ4n) is 22.6. The van der Waals surface area contributed by atoms with Crippen molar-refractivity contribution < 1.29 is 13.9 Å². The maximum Gasteiger partial charge on any atom is 0.307 e. The van der Waals surface area contributed by atoms with Gasteiger partial charge < -0.3 is 13.9 Å². The van der Waals surface area contributed by atoms with Crippen LogP contribution >= 0.6 is 11.3 Å². The average molecular weight is 1830 g/mol. The largest absolute Gasteiger partial charge is 0.456 e. The Kier molecular flexibility index (Phi) is 21.4. The van der Waals surface area contributed by atoms with Crippen molar-refractivity contribution >= 4 is 123 Å². The van der Waals surface area contributed by atoms with Crippen LogP contribution in [0.4, 0.5) is 0 Å². The van der Waals surface area contributed by atoms with Crippen LogP contribution in [0.25, 0.3) is 98.7 Å². The minimum atomic E-state index is -3.16. The third kappa shape index (κ3) is 14.2. The van der Waals surface area contributed by atoms with Crippen LogP contribution in [-0.2, 0) is 43.3 Å². The molecule has 0 saturated heterocycles. The Hall–Kier alpha value is -13.5. The van der Waals surface area contributed by atoms with E-state index in [1.54, 1.807) is 11.3 Å². The van der Waals surface area contributed by atoms with E-state index in [4.69, 9.17) is 23.9 Å². The topological polar surface area (TPSA) is 66.2 Å². The van der Waals surface area contributed by atoms with Crippen molar-refractivity contribution in [3.8, 4) is 67.5 Å². The second-order valence-corrected chi connectivity index (χ2v) is 52.6. The molecule has 22 rings (SSSR count). The van der Waals surface area contributed by atoms with Crippen LogP contribution in [0.2, 0.25) is 0 Å². The summed E-state index contributed by atoms with van der Waals surface area (Å²) in [5, 5.41) is 10.6. The van der Waals surface area contributed by atoms with Crippen molar-refractivity contribution in [2.45, 2.75) is 182 Å². The molecule has 7 nitrogen and oxygen atoms in total. The van der Waals surface area contributed by atoms with Crippen molar-refractivity contribution in [3.05, 3.63) is 408 Å². The summed E-state index contributed by atoms with van der Waals surface area (Å²) >= 11 is 1.76. The van der Waals surface area contributed by atoms with E-state index in [9.17, 15) is 0 Å². The Morgan fingerprint density at radius 2 is 0.588 bits per heavy atom. The number of hydrogen-bond acceptors (Lipinski definition) is 6. The molecule has 0 atom stereocenters. The standard InChI is InChI=1S/C63H60N2O2Si.C63H60N2OSSi/c1-60(2,3)49-37-35-43(39-47(49)45-27-21-30-52-57(45)66-56-34-20-17-29-51(56)62(7,8)63(52,9)10)68(41-23-13-11-14-24-41,42-25-15-12-16-26-42)44-36-38-50(61(4,5)6)48(40-44)46-28-22-33-55-58(46)67-59-64-53-31-18-19-32-54(53)65(55)59;1-60(2,3)49-37-35-43(39-47(49)45-27-22-32-54-57(45)64-59-65(54)53-31-18-20-34-56(53)67-59)68(41-23-13-11-14-24-41,42-25-15-12-16-26-42)44-36-38-50(61(4,5)6)48(40-44)46-28-21-30-52-58(46)66-55-33-19-17-29-51(55)62(7,8)63(52,9)10/h2*11-40H,1-10H3. The van der Waals surface area contributed by atoms with E-state index < -0.39 is 16.1 Å². The van der Waals surface area contributed by atoms with Crippen LogP contribution in [-0.4, -0.2) is 34.9 Å².